The van der Waals surface area contributed by atoms with Gasteiger partial charge in [-0.05, 0) is 63.5 Å². The quantitative estimate of drug-likeness (QED) is 0.498. The van der Waals surface area contributed by atoms with E-state index in [2.05, 4.69) is 24.1 Å². The summed E-state index contributed by atoms with van der Waals surface area (Å²) in [5, 5.41) is 2.91. The van der Waals surface area contributed by atoms with Crippen molar-refractivity contribution in [2.45, 2.75) is 53.4 Å². The van der Waals surface area contributed by atoms with Gasteiger partial charge in [0.1, 0.15) is 0 Å². The number of nitrogens with one attached hydrogen (secondary N) is 1. The average Bonchev–Trinajstić information content (AvgIpc) is 2.58. The summed E-state index contributed by atoms with van der Waals surface area (Å²) in [4.78, 5) is 26.4. The van der Waals surface area contributed by atoms with E-state index in [-0.39, 0.29) is 24.5 Å². The molecule has 0 spiro atoms. The molecule has 1 N–H and O–H groups in total. The number of benzene rings is 1. The maximum Gasteiger partial charge on any atom is 0.220 e. The van der Waals surface area contributed by atoms with Gasteiger partial charge in [0.05, 0.1) is 0 Å². The predicted octanol–water partition coefficient (Wildman–Crippen LogP) is 3.50. The number of hydrogen-bond acceptors (Lipinski definition) is 3. The Morgan fingerprint density at radius 3 is 2.33 bits per heavy atom. The summed E-state index contributed by atoms with van der Waals surface area (Å²) in [7, 11) is 0. The van der Waals surface area contributed by atoms with Crippen LogP contribution in [0, 0.1) is 13.8 Å². The number of hydrogen-bond donors (Lipinski definition) is 1. The summed E-state index contributed by atoms with van der Waals surface area (Å²) < 4.78 is 0. The van der Waals surface area contributed by atoms with Crippen LogP contribution in [0.15, 0.2) is 18.2 Å². The van der Waals surface area contributed by atoms with Gasteiger partial charge in [0.15, 0.2) is 5.78 Å². The van der Waals surface area contributed by atoms with Gasteiger partial charge < -0.3 is 10.2 Å². The summed E-state index contributed by atoms with van der Waals surface area (Å²) in [6, 6.07) is 5.71. The van der Waals surface area contributed by atoms with Gasteiger partial charge in [-0.3, -0.25) is 9.59 Å². The first-order valence-electron chi connectivity index (χ1n) is 9.07. The highest BCUT2D eigenvalue weighted by Crippen LogP contribution is 2.12. The Morgan fingerprint density at radius 1 is 1.00 bits per heavy atom. The molecule has 4 nitrogen and oxygen atoms in total. The van der Waals surface area contributed by atoms with Crippen molar-refractivity contribution in [1.29, 1.82) is 0 Å². The highest BCUT2D eigenvalue weighted by Gasteiger charge is 2.10. The van der Waals surface area contributed by atoms with Crippen LogP contribution in [0.25, 0.3) is 0 Å². The van der Waals surface area contributed by atoms with Crippen molar-refractivity contribution in [3.8, 4) is 0 Å². The second-order valence-corrected chi connectivity index (χ2v) is 6.31. The molecule has 1 amide bonds. The third-order valence-electron chi connectivity index (χ3n) is 4.53. The molecule has 1 rings (SSSR count). The monoisotopic (exact) mass is 332 g/mol. The molecule has 1 aromatic rings. The highest BCUT2D eigenvalue weighted by atomic mass is 16.2. The number of Topliss-reactive ketones (excluding diaryl/α,β-unsaturated/α-hetero) is 1. The van der Waals surface area contributed by atoms with E-state index >= 15 is 0 Å². The molecule has 0 aliphatic carbocycles. The van der Waals surface area contributed by atoms with Gasteiger partial charge in [-0.15, -0.1) is 0 Å². The Morgan fingerprint density at radius 2 is 1.71 bits per heavy atom. The van der Waals surface area contributed by atoms with Crippen LogP contribution in [0.4, 0.5) is 0 Å². The number of unbranched alkanes of at least 4 members (excludes halogenated alkanes) is 1. The highest BCUT2D eigenvalue weighted by molar-refractivity contribution is 5.98. The first-order chi connectivity index (χ1) is 11.5. The van der Waals surface area contributed by atoms with E-state index in [4.69, 9.17) is 0 Å². The zero-order valence-electron chi connectivity index (χ0n) is 15.7. The molecule has 0 fully saturated rings. The molecule has 0 heterocycles. The Balaban J connectivity index is 2.21. The smallest absolute Gasteiger partial charge is 0.220 e. The lowest BCUT2D eigenvalue weighted by molar-refractivity contribution is -0.121. The van der Waals surface area contributed by atoms with Gasteiger partial charge in [-0.2, -0.15) is 0 Å². The van der Waals surface area contributed by atoms with Crippen molar-refractivity contribution in [2.24, 2.45) is 0 Å². The number of rotatable bonds is 11. The Bertz CT molecular complexity index is 536. The van der Waals surface area contributed by atoms with Crippen molar-refractivity contribution in [3.63, 3.8) is 0 Å². The number of carbonyl (C=O) groups excluding carboxylic acids is 2. The van der Waals surface area contributed by atoms with Crippen LogP contribution in [0.5, 0.6) is 0 Å². The van der Waals surface area contributed by atoms with Crippen LogP contribution in [0.3, 0.4) is 0 Å². The van der Waals surface area contributed by atoms with E-state index in [1.165, 1.54) is 5.56 Å². The molecule has 0 aliphatic heterocycles. The van der Waals surface area contributed by atoms with Gasteiger partial charge in [0.2, 0.25) is 5.91 Å². The van der Waals surface area contributed by atoms with Gasteiger partial charge in [-0.1, -0.05) is 26.0 Å². The van der Waals surface area contributed by atoms with Crippen LogP contribution in [-0.2, 0) is 4.79 Å². The fourth-order valence-electron chi connectivity index (χ4n) is 2.60. The van der Waals surface area contributed by atoms with Crippen LogP contribution < -0.4 is 5.32 Å². The number of carbonyl (C=O) groups is 2. The molecule has 0 bridgehead atoms. The normalized spacial score (nSPS) is 10.9. The van der Waals surface area contributed by atoms with E-state index < -0.39 is 0 Å². The lowest BCUT2D eigenvalue weighted by atomic mass is 10.0. The summed E-state index contributed by atoms with van der Waals surface area (Å²) in [5.74, 6) is 0.00445. The van der Waals surface area contributed by atoms with Gasteiger partial charge in [-0.25, -0.2) is 0 Å². The molecule has 24 heavy (non-hydrogen) atoms. The molecule has 0 unspecified atom stereocenters. The standard InChI is InChI=1S/C20H32N2O2/c1-5-22(6-2)14-8-7-13-21-20(24)12-11-19(23)18-10-9-16(3)17(4)15-18/h9-10,15H,5-8,11-14H2,1-4H3,(H,21,24). The molecular weight excluding hydrogens is 300 g/mol. The molecule has 0 saturated heterocycles. The minimum Gasteiger partial charge on any atom is -0.356 e. The minimum absolute atomic E-state index is 0.0324. The summed E-state index contributed by atoms with van der Waals surface area (Å²) in [5.41, 5.74) is 2.98. The molecule has 4 heteroatoms. The molecule has 0 saturated carbocycles. The first-order valence-corrected chi connectivity index (χ1v) is 9.07. The summed E-state index contributed by atoms with van der Waals surface area (Å²) in [6.45, 7) is 12.3. The number of ketones is 1. The molecule has 134 valence electrons. The maximum absolute atomic E-state index is 12.1. The maximum atomic E-state index is 12.1. The molecule has 0 aliphatic rings. The third-order valence-corrected chi connectivity index (χ3v) is 4.53. The van der Waals surface area contributed by atoms with E-state index in [9.17, 15) is 9.59 Å². The second-order valence-electron chi connectivity index (χ2n) is 6.31. The van der Waals surface area contributed by atoms with E-state index in [0.29, 0.717) is 12.1 Å². The zero-order valence-corrected chi connectivity index (χ0v) is 15.7. The second kappa shape index (κ2) is 11.0. The van der Waals surface area contributed by atoms with Crippen LogP contribution >= 0.6 is 0 Å². The van der Waals surface area contributed by atoms with Gasteiger partial charge in [0, 0.05) is 24.9 Å². The van der Waals surface area contributed by atoms with Gasteiger partial charge >= 0.3 is 0 Å². The molecule has 1 aromatic carbocycles. The van der Waals surface area contributed by atoms with Crippen molar-refractivity contribution in [1.82, 2.24) is 10.2 Å². The largest absolute Gasteiger partial charge is 0.356 e. The van der Waals surface area contributed by atoms with Crippen molar-refractivity contribution in [3.05, 3.63) is 34.9 Å². The lowest BCUT2D eigenvalue weighted by Gasteiger charge is -2.17. The fraction of sp³-hybridized carbons (Fsp3) is 0.600. The molecular formula is C20H32N2O2. The van der Waals surface area contributed by atoms with Crippen LogP contribution in [0.1, 0.15) is 61.0 Å². The Kier molecular flexibility index (Phi) is 9.31. The van der Waals surface area contributed by atoms with E-state index in [0.717, 1.165) is 38.0 Å². The SMILES string of the molecule is CCN(CC)CCCCNC(=O)CCC(=O)c1ccc(C)c(C)c1. The zero-order chi connectivity index (χ0) is 17.9. The van der Waals surface area contributed by atoms with Crippen LogP contribution in [-0.4, -0.2) is 42.8 Å². The first kappa shape index (κ1) is 20.4. The van der Waals surface area contributed by atoms with Crippen molar-refractivity contribution in [2.75, 3.05) is 26.2 Å². The summed E-state index contributed by atoms with van der Waals surface area (Å²) in [6.07, 6.45) is 2.60. The van der Waals surface area contributed by atoms with Crippen molar-refractivity contribution >= 4 is 11.7 Å². The van der Waals surface area contributed by atoms with E-state index in [1.54, 1.807) is 0 Å². The fourth-order valence-corrected chi connectivity index (χ4v) is 2.60. The predicted molar refractivity (Wildman–Crippen MR) is 99.5 cm³/mol. The molecule has 0 aromatic heterocycles. The molecule has 0 radical (unpaired) electrons. The number of amides is 1. The summed E-state index contributed by atoms with van der Waals surface area (Å²) >= 11 is 0. The Labute approximate surface area is 146 Å². The molecule has 0 atom stereocenters. The average molecular weight is 332 g/mol. The van der Waals surface area contributed by atoms with Gasteiger partial charge in [0.25, 0.3) is 0 Å². The van der Waals surface area contributed by atoms with E-state index in [1.807, 2.05) is 32.0 Å². The number of aryl methyl sites for hydroxylation is 2. The minimum atomic E-state index is -0.0324. The van der Waals surface area contributed by atoms with Crippen LogP contribution in [0.2, 0.25) is 0 Å². The van der Waals surface area contributed by atoms with Crippen molar-refractivity contribution < 1.29 is 9.59 Å². The third kappa shape index (κ3) is 7.26. The topological polar surface area (TPSA) is 49.4 Å². The lowest BCUT2D eigenvalue weighted by Crippen LogP contribution is -2.27. The Hall–Kier alpha value is -1.68. The number of nitrogens with zero attached hydrogens (tertiary/aromatic N) is 1.